The lowest BCUT2D eigenvalue weighted by Crippen LogP contribution is -2.62. The SMILES string of the molecule is CC/C=C/[C@H]1CCC[C@@H]1CC=C=C([16OH])C([16OH])([16OH])C(C)(Oc1ccccc1)C(=O)O. The van der Waals surface area contributed by atoms with Crippen molar-refractivity contribution < 1.29 is 30.0 Å². The van der Waals surface area contributed by atoms with Crippen LogP contribution in [0.3, 0.4) is 0 Å². The molecule has 0 amide bonds. The molecule has 1 aromatic rings. The molecule has 158 valence electrons. The van der Waals surface area contributed by atoms with Gasteiger partial charge in [-0.3, -0.25) is 0 Å². The van der Waals surface area contributed by atoms with Crippen molar-refractivity contribution in [1.29, 1.82) is 0 Å². The number of benzene rings is 1. The number of ether oxygens (including phenoxy) is 1. The molecular weight excluding hydrogens is 372 g/mol. The normalized spacial score (nSPS) is 21.4. The average molecular weight is 402 g/mol. The number of hydrogen-bond acceptors (Lipinski definition) is 5. The molecule has 1 saturated carbocycles. The fourth-order valence-electron chi connectivity index (χ4n) is 3.54. The smallest absolute Gasteiger partial charge is 0.354 e. The number of carbonyl (C=O) groups is 1. The highest BCUT2D eigenvalue weighted by atomic mass is 16.6. The van der Waals surface area contributed by atoms with Gasteiger partial charge in [0.05, 0.1) is 0 Å². The van der Waals surface area contributed by atoms with Crippen molar-refractivity contribution in [1.82, 2.24) is 0 Å². The van der Waals surface area contributed by atoms with Gasteiger partial charge in [0.25, 0.3) is 11.4 Å². The Labute approximate surface area is 171 Å². The Kier molecular flexibility index (Phi) is 7.68. The van der Waals surface area contributed by atoms with Crippen molar-refractivity contribution in [3.05, 3.63) is 60.1 Å². The van der Waals surface area contributed by atoms with Crippen LogP contribution in [0, 0.1) is 11.8 Å². The van der Waals surface area contributed by atoms with Gasteiger partial charge in [0.1, 0.15) is 5.75 Å². The largest absolute Gasteiger partial charge is 0.500 e. The number of allylic oxidation sites excluding steroid dienone is 2. The lowest BCUT2D eigenvalue weighted by Gasteiger charge is -2.36. The van der Waals surface area contributed by atoms with Gasteiger partial charge >= 0.3 is 5.97 Å². The minimum Gasteiger partial charge on any atom is -0.500 e. The molecule has 3 atom stereocenters. The maximum Gasteiger partial charge on any atom is 0.354 e. The molecule has 0 aliphatic heterocycles. The monoisotopic (exact) mass is 402 g/mol. The van der Waals surface area contributed by atoms with Gasteiger partial charge in [0, 0.05) is 0 Å². The van der Waals surface area contributed by atoms with Gasteiger partial charge in [-0.2, -0.15) is 0 Å². The number of carboxylic acid groups (broad SMARTS) is 1. The van der Waals surface area contributed by atoms with E-state index < -0.39 is 23.1 Å². The van der Waals surface area contributed by atoms with E-state index in [1.165, 1.54) is 18.2 Å². The van der Waals surface area contributed by atoms with Gasteiger partial charge in [-0.25, -0.2) is 4.79 Å². The third-order valence-electron chi connectivity index (χ3n) is 5.46. The molecule has 0 heterocycles. The zero-order valence-electron chi connectivity index (χ0n) is 16.9. The zero-order chi connectivity index (χ0) is 21.5. The maximum atomic E-state index is 11.8. The molecule has 1 aromatic carbocycles. The molecule has 4 N–H and O–H groups in total. The van der Waals surface area contributed by atoms with Crippen LogP contribution >= 0.6 is 0 Å². The first-order valence-corrected chi connectivity index (χ1v) is 9.95. The van der Waals surface area contributed by atoms with Crippen LogP contribution in [0.15, 0.2) is 60.1 Å². The Hall–Kier alpha value is -2.53. The van der Waals surface area contributed by atoms with E-state index in [9.17, 15) is 25.2 Å². The lowest BCUT2D eigenvalue weighted by molar-refractivity contribution is -0.250. The van der Waals surface area contributed by atoms with Crippen LogP contribution in [0.4, 0.5) is 0 Å². The van der Waals surface area contributed by atoms with Gasteiger partial charge in [-0.15, -0.1) is 0 Å². The van der Waals surface area contributed by atoms with Gasteiger partial charge in [0.2, 0.25) is 5.76 Å². The average Bonchev–Trinajstić information content (AvgIpc) is 3.13. The van der Waals surface area contributed by atoms with Crippen molar-refractivity contribution in [3.63, 3.8) is 0 Å². The first kappa shape index (κ1) is 22.8. The van der Waals surface area contributed by atoms with Crippen molar-refractivity contribution in [2.45, 2.75) is 57.3 Å². The minimum atomic E-state index is -3.18. The number of aliphatic hydroxyl groups excluding tert-OH is 1. The number of aliphatic carboxylic acids is 1. The Morgan fingerprint density at radius 2 is 1.93 bits per heavy atom. The molecule has 6 nitrogen and oxygen atoms in total. The van der Waals surface area contributed by atoms with E-state index in [2.05, 4.69) is 24.8 Å². The van der Waals surface area contributed by atoms with Crippen LogP contribution in [-0.4, -0.2) is 37.8 Å². The molecule has 0 radical (unpaired) electrons. The third kappa shape index (κ3) is 5.30. The lowest BCUT2D eigenvalue weighted by atomic mass is 9.91. The molecule has 0 bridgehead atoms. The van der Waals surface area contributed by atoms with Crippen LogP contribution in [0.5, 0.6) is 5.75 Å². The summed E-state index contributed by atoms with van der Waals surface area (Å²) in [5, 5.41) is 40.7. The minimum absolute atomic E-state index is 0.123. The van der Waals surface area contributed by atoms with Crippen LogP contribution in [0.2, 0.25) is 0 Å². The topological polar surface area (TPSA) is 107 Å². The summed E-state index contributed by atoms with van der Waals surface area (Å²) in [6.07, 6.45) is 10.7. The van der Waals surface area contributed by atoms with E-state index in [1.807, 2.05) is 0 Å². The number of carboxylic acids is 1. The first-order valence-electron chi connectivity index (χ1n) is 9.95. The van der Waals surface area contributed by atoms with E-state index in [-0.39, 0.29) is 5.75 Å². The highest BCUT2D eigenvalue weighted by molar-refractivity contribution is 5.79. The van der Waals surface area contributed by atoms with Crippen LogP contribution in [0.25, 0.3) is 0 Å². The Balaban J connectivity index is 2.20. The summed E-state index contributed by atoms with van der Waals surface area (Å²) < 4.78 is 5.35. The van der Waals surface area contributed by atoms with Crippen molar-refractivity contribution >= 4 is 5.97 Å². The second-order valence-corrected chi connectivity index (χ2v) is 7.55. The third-order valence-corrected chi connectivity index (χ3v) is 5.46. The fraction of sp³-hybridized carbons (Fsp3) is 0.478. The second-order valence-electron chi connectivity index (χ2n) is 7.55. The highest BCUT2D eigenvalue weighted by Gasteiger charge is 2.58. The number of hydrogen-bond donors (Lipinski definition) is 4. The molecule has 1 fully saturated rings. The van der Waals surface area contributed by atoms with E-state index >= 15 is 0 Å². The molecule has 1 aliphatic carbocycles. The quantitative estimate of drug-likeness (QED) is 0.216. The molecule has 29 heavy (non-hydrogen) atoms. The molecule has 1 unspecified atom stereocenters. The Morgan fingerprint density at radius 3 is 2.55 bits per heavy atom. The van der Waals surface area contributed by atoms with E-state index in [0.29, 0.717) is 18.3 Å². The second kappa shape index (κ2) is 9.79. The Bertz CT molecular complexity index is 776. The zero-order valence-corrected chi connectivity index (χ0v) is 16.9. The van der Waals surface area contributed by atoms with Crippen LogP contribution in [0.1, 0.15) is 46.0 Å². The van der Waals surface area contributed by atoms with Crippen molar-refractivity contribution in [2.75, 3.05) is 0 Å². The summed E-state index contributed by atoms with van der Waals surface area (Å²) in [5.41, 5.74) is -0.0901. The Morgan fingerprint density at radius 1 is 1.24 bits per heavy atom. The number of rotatable bonds is 9. The summed E-state index contributed by atoms with van der Waals surface area (Å²) in [5.74, 6) is -4.86. The predicted molar refractivity (Wildman–Crippen MR) is 109 cm³/mol. The van der Waals surface area contributed by atoms with Crippen LogP contribution < -0.4 is 4.74 Å². The highest BCUT2D eigenvalue weighted by Crippen LogP contribution is 2.36. The van der Waals surface area contributed by atoms with Gasteiger partial charge in [-0.05, 0) is 62.7 Å². The molecule has 0 saturated heterocycles. The maximum absolute atomic E-state index is 11.8. The molecular formula is C23H30O6. The molecule has 6 heteroatoms. The summed E-state index contributed by atoms with van der Waals surface area (Å²) in [6, 6.07) is 7.92. The van der Waals surface area contributed by atoms with Gasteiger partial charge < -0.3 is 25.2 Å². The summed E-state index contributed by atoms with van der Waals surface area (Å²) >= 11 is 0. The van der Waals surface area contributed by atoms with E-state index in [1.54, 1.807) is 18.2 Å². The molecule has 0 aromatic heterocycles. The molecule has 1 aliphatic rings. The number of aliphatic hydroxyl groups is 3. The standard InChI is InChI=1S/C23H30O6/c1-3-4-10-17-11-8-12-18(17)13-9-16-20(24)23(27,28)22(2,21(25)26)29-19-14-6-5-7-15-19/h4-7,9-10,14-15,17-18,24,27-28H,3,8,11-13H2,1-2H3,(H,25,26)/b10-4+/t16?,17-,18+,22?/m0/s1/i24+0,27+0,28+0. The summed E-state index contributed by atoms with van der Waals surface area (Å²) in [6.45, 7) is 3.07. The van der Waals surface area contributed by atoms with E-state index in [0.717, 1.165) is 32.6 Å². The first-order chi connectivity index (χ1) is 13.7. The number of para-hydroxylation sites is 1. The summed E-state index contributed by atoms with van der Waals surface area (Å²) in [4.78, 5) is 11.8. The van der Waals surface area contributed by atoms with Crippen LogP contribution in [-0.2, 0) is 4.79 Å². The predicted octanol–water partition coefficient (Wildman–Crippen LogP) is 3.96. The van der Waals surface area contributed by atoms with E-state index in [4.69, 9.17) is 4.74 Å². The fourth-order valence-corrected chi connectivity index (χ4v) is 3.54. The van der Waals surface area contributed by atoms with Crippen molar-refractivity contribution in [3.8, 4) is 5.75 Å². The van der Waals surface area contributed by atoms with Gasteiger partial charge in [0.15, 0.2) is 0 Å². The van der Waals surface area contributed by atoms with Crippen molar-refractivity contribution in [2.24, 2.45) is 11.8 Å². The van der Waals surface area contributed by atoms with Gasteiger partial charge in [-0.1, -0.05) is 49.4 Å². The summed E-state index contributed by atoms with van der Waals surface area (Å²) in [7, 11) is 0. The molecule has 0 spiro atoms. The molecule has 2 rings (SSSR count).